The fourth-order valence-corrected chi connectivity index (χ4v) is 1.59. The summed E-state index contributed by atoms with van der Waals surface area (Å²) in [4.78, 5) is 0. The number of rotatable bonds is 1. The van der Waals surface area contributed by atoms with Gasteiger partial charge in [-0.05, 0) is 24.6 Å². The van der Waals surface area contributed by atoms with E-state index in [0.29, 0.717) is 0 Å². The molecule has 0 radical (unpaired) electrons. The van der Waals surface area contributed by atoms with E-state index in [-0.39, 0.29) is 0 Å². The van der Waals surface area contributed by atoms with Crippen LogP contribution in [0, 0.1) is 11.8 Å². The summed E-state index contributed by atoms with van der Waals surface area (Å²) in [5.41, 5.74) is 3.27. The Morgan fingerprint density at radius 3 is 2.06 bits per heavy atom. The van der Waals surface area contributed by atoms with E-state index in [1.807, 2.05) is 61.5 Å². The second-order valence-corrected chi connectivity index (χ2v) is 3.68. The molecule has 82 valence electrons. The van der Waals surface area contributed by atoms with E-state index in [4.69, 9.17) is 0 Å². The summed E-state index contributed by atoms with van der Waals surface area (Å²) in [5, 5.41) is 0. The number of benzene rings is 2. The molecular formula is C17H14. The van der Waals surface area contributed by atoms with Crippen molar-refractivity contribution >= 4 is 5.57 Å². The molecular weight excluding hydrogens is 204 g/mol. The summed E-state index contributed by atoms with van der Waals surface area (Å²) in [6.45, 7) is 2.02. The largest absolute Gasteiger partial charge is 0.0713 e. The first-order valence-electron chi connectivity index (χ1n) is 5.69. The molecule has 0 amide bonds. The molecule has 0 fully saturated rings. The smallest absolute Gasteiger partial charge is 0.0278 e. The Kier molecular flexibility index (Phi) is 3.78. The van der Waals surface area contributed by atoms with Gasteiger partial charge in [-0.15, -0.1) is 0 Å². The summed E-state index contributed by atoms with van der Waals surface area (Å²) < 4.78 is 0. The van der Waals surface area contributed by atoms with Gasteiger partial charge in [-0.25, -0.2) is 0 Å². The van der Waals surface area contributed by atoms with Gasteiger partial charge >= 0.3 is 0 Å². The van der Waals surface area contributed by atoms with E-state index >= 15 is 0 Å². The molecule has 0 nitrogen and oxygen atoms in total. The summed E-state index contributed by atoms with van der Waals surface area (Å²) in [6, 6.07) is 20.3. The highest BCUT2D eigenvalue weighted by Crippen LogP contribution is 2.12. The quantitative estimate of drug-likeness (QED) is 0.631. The molecule has 0 aromatic heterocycles. The maximum Gasteiger partial charge on any atom is 0.0278 e. The van der Waals surface area contributed by atoms with Crippen molar-refractivity contribution in [3.05, 3.63) is 77.9 Å². The lowest BCUT2D eigenvalue weighted by atomic mass is 10.1. The Bertz CT molecular complexity index is 551. The van der Waals surface area contributed by atoms with Crippen LogP contribution in [0.5, 0.6) is 0 Å². The molecule has 0 bridgehead atoms. The Morgan fingerprint density at radius 2 is 1.47 bits per heavy atom. The van der Waals surface area contributed by atoms with Gasteiger partial charge in [0.1, 0.15) is 0 Å². The van der Waals surface area contributed by atoms with Gasteiger partial charge in [-0.2, -0.15) is 0 Å². The Balaban J connectivity index is 2.27. The fraction of sp³-hybridized carbons (Fsp3) is 0.0588. The molecule has 0 saturated carbocycles. The van der Waals surface area contributed by atoms with Crippen molar-refractivity contribution in [1.29, 1.82) is 0 Å². The van der Waals surface area contributed by atoms with Gasteiger partial charge in [0.25, 0.3) is 0 Å². The Morgan fingerprint density at radius 1 is 0.882 bits per heavy atom. The molecule has 0 unspecified atom stereocenters. The predicted octanol–water partition coefficient (Wildman–Crippen LogP) is 4.14. The topological polar surface area (TPSA) is 0 Å². The first kappa shape index (κ1) is 11.2. The minimum atomic E-state index is 1.04. The van der Waals surface area contributed by atoms with Gasteiger partial charge in [0.05, 0.1) is 0 Å². The van der Waals surface area contributed by atoms with Gasteiger partial charge in [-0.3, -0.25) is 0 Å². The summed E-state index contributed by atoms with van der Waals surface area (Å²) in [6.07, 6.45) is 2.05. The van der Waals surface area contributed by atoms with Crippen LogP contribution in [0.3, 0.4) is 0 Å². The molecule has 0 heterocycles. The molecule has 0 aliphatic carbocycles. The van der Waals surface area contributed by atoms with E-state index in [1.165, 1.54) is 5.56 Å². The summed E-state index contributed by atoms with van der Waals surface area (Å²) >= 11 is 0. The Labute approximate surface area is 103 Å². The summed E-state index contributed by atoms with van der Waals surface area (Å²) in [5.74, 6) is 6.39. The van der Waals surface area contributed by atoms with Crippen LogP contribution in [-0.4, -0.2) is 0 Å². The first-order chi connectivity index (χ1) is 8.40. The average molecular weight is 218 g/mol. The summed E-state index contributed by atoms with van der Waals surface area (Å²) in [7, 11) is 0. The second-order valence-electron chi connectivity index (χ2n) is 3.68. The predicted molar refractivity (Wildman–Crippen MR) is 73.4 cm³/mol. The molecule has 2 rings (SSSR count). The van der Waals surface area contributed by atoms with Crippen LogP contribution < -0.4 is 0 Å². The molecule has 2 aromatic rings. The Hall–Kier alpha value is -2.26. The van der Waals surface area contributed by atoms with Crippen LogP contribution in [0.1, 0.15) is 18.1 Å². The average Bonchev–Trinajstić information content (AvgIpc) is 2.42. The van der Waals surface area contributed by atoms with Crippen molar-refractivity contribution in [1.82, 2.24) is 0 Å². The van der Waals surface area contributed by atoms with Crippen molar-refractivity contribution in [3.8, 4) is 11.8 Å². The van der Waals surface area contributed by atoms with Crippen LogP contribution in [0.25, 0.3) is 5.57 Å². The third-order valence-electron chi connectivity index (χ3n) is 2.49. The van der Waals surface area contributed by atoms with E-state index in [0.717, 1.165) is 11.1 Å². The highest BCUT2D eigenvalue weighted by atomic mass is 14.0. The van der Waals surface area contributed by atoms with Gasteiger partial charge < -0.3 is 0 Å². The van der Waals surface area contributed by atoms with Crippen molar-refractivity contribution in [3.63, 3.8) is 0 Å². The monoisotopic (exact) mass is 218 g/mol. The molecule has 0 aliphatic rings. The zero-order valence-corrected chi connectivity index (χ0v) is 9.85. The maximum atomic E-state index is 3.21. The van der Waals surface area contributed by atoms with Gasteiger partial charge in [-0.1, -0.05) is 66.4 Å². The maximum absolute atomic E-state index is 3.21. The zero-order chi connectivity index (χ0) is 11.9. The minimum Gasteiger partial charge on any atom is -0.0713 e. The fourth-order valence-electron chi connectivity index (χ4n) is 1.59. The molecule has 17 heavy (non-hydrogen) atoms. The van der Waals surface area contributed by atoms with Crippen LogP contribution >= 0.6 is 0 Å². The lowest BCUT2D eigenvalue weighted by Crippen LogP contribution is -1.80. The van der Waals surface area contributed by atoms with Crippen molar-refractivity contribution in [2.75, 3.05) is 0 Å². The molecule has 0 aliphatic heterocycles. The lowest BCUT2D eigenvalue weighted by molar-refractivity contribution is 1.61. The molecule has 2 aromatic carbocycles. The second kappa shape index (κ2) is 5.72. The van der Waals surface area contributed by atoms with Crippen LogP contribution in [0.15, 0.2) is 66.7 Å². The van der Waals surface area contributed by atoms with Crippen LogP contribution in [0.4, 0.5) is 0 Å². The lowest BCUT2D eigenvalue weighted by Gasteiger charge is -1.97. The third kappa shape index (κ3) is 3.09. The highest BCUT2D eigenvalue weighted by molar-refractivity contribution is 5.79. The van der Waals surface area contributed by atoms with E-state index in [2.05, 4.69) is 24.0 Å². The molecule has 0 atom stereocenters. The van der Waals surface area contributed by atoms with E-state index in [9.17, 15) is 0 Å². The number of hydrogen-bond acceptors (Lipinski definition) is 0. The van der Waals surface area contributed by atoms with E-state index in [1.54, 1.807) is 0 Å². The van der Waals surface area contributed by atoms with Crippen molar-refractivity contribution in [2.45, 2.75) is 6.92 Å². The number of hydrogen-bond donors (Lipinski definition) is 0. The SMILES string of the molecule is C/C=C(\C#Cc1ccccc1)c1ccccc1. The zero-order valence-electron chi connectivity index (χ0n) is 9.85. The molecule has 0 N–H and O–H groups in total. The molecule has 0 heteroatoms. The number of allylic oxidation sites excluding steroid dienone is 2. The standard InChI is InChI=1S/C17H14/c1-2-16(17-11-7-4-8-12-17)14-13-15-9-5-3-6-10-15/h2-12H,1H3/b16-2+. The first-order valence-corrected chi connectivity index (χ1v) is 5.69. The van der Waals surface area contributed by atoms with Gasteiger partial charge in [0.2, 0.25) is 0 Å². The van der Waals surface area contributed by atoms with E-state index < -0.39 is 0 Å². The van der Waals surface area contributed by atoms with Crippen molar-refractivity contribution in [2.24, 2.45) is 0 Å². The molecule has 0 saturated heterocycles. The highest BCUT2D eigenvalue weighted by Gasteiger charge is 1.94. The van der Waals surface area contributed by atoms with Gasteiger partial charge in [0, 0.05) is 11.1 Å². The third-order valence-corrected chi connectivity index (χ3v) is 2.49. The minimum absolute atomic E-state index is 1.04. The molecule has 0 spiro atoms. The van der Waals surface area contributed by atoms with Crippen LogP contribution in [0.2, 0.25) is 0 Å². The van der Waals surface area contributed by atoms with Crippen LogP contribution in [-0.2, 0) is 0 Å². The van der Waals surface area contributed by atoms with Crippen molar-refractivity contribution < 1.29 is 0 Å². The normalized spacial score (nSPS) is 10.5. The van der Waals surface area contributed by atoms with Gasteiger partial charge in [0.15, 0.2) is 0 Å².